The third-order valence-electron chi connectivity index (χ3n) is 2.51. The zero-order chi connectivity index (χ0) is 8.53. The molecule has 0 amide bonds. The van der Waals surface area contributed by atoms with Crippen molar-refractivity contribution in [1.82, 2.24) is 0 Å². The topological polar surface area (TPSA) is 0 Å². The minimum absolute atomic E-state index is 1.12. The summed E-state index contributed by atoms with van der Waals surface area (Å²) in [4.78, 5) is 0. The highest BCUT2D eigenvalue weighted by Gasteiger charge is 2.13. The van der Waals surface area contributed by atoms with Gasteiger partial charge in [0, 0.05) is 0 Å². The zero-order valence-corrected chi connectivity index (χ0v) is 8.53. The summed E-state index contributed by atoms with van der Waals surface area (Å²) in [6.07, 6.45) is 10.0. The van der Waals surface area contributed by atoms with Crippen LogP contribution in [0.5, 0.6) is 0 Å². The van der Waals surface area contributed by atoms with Gasteiger partial charge < -0.3 is 0 Å². The monoisotopic (exact) mass is 156 g/mol. The summed E-state index contributed by atoms with van der Waals surface area (Å²) in [5.41, 5.74) is 0. The number of rotatable bonds is 3. The average Bonchev–Trinajstić information content (AvgIpc) is 1.88. The Morgan fingerprint density at radius 3 is 1.55 bits per heavy atom. The molecule has 0 radical (unpaired) electrons. The van der Waals surface area contributed by atoms with Crippen LogP contribution in [0.25, 0.3) is 0 Å². The Morgan fingerprint density at radius 2 is 1.55 bits per heavy atom. The molecule has 11 heavy (non-hydrogen) atoms. The van der Waals surface area contributed by atoms with Gasteiger partial charge in [-0.25, -0.2) is 0 Å². The molecule has 0 saturated heterocycles. The molecule has 1 aliphatic rings. The van der Waals surface area contributed by atoms with Crippen molar-refractivity contribution in [3.05, 3.63) is 0 Å². The second kappa shape index (κ2) is 8.10. The van der Waals surface area contributed by atoms with E-state index in [9.17, 15) is 0 Å². The molecule has 0 bridgehead atoms. The van der Waals surface area contributed by atoms with E-state index in [1.165, 1.54) is 44.9 Å². The van der Waals surface area contributed by atoms with Crippen molar-refractivity contribution in [2.24, 2.45) is 5.92 Å². The smallest absolute Gasteiger partial charge is 0.0417 e. The predicted octanol–water partition coefficient (Wildman–Crippen LogP) is 4.39. The lowest BCUT2D eigenvalue weighted by molar-refractivity contribution is 0.307. The molecule has 1 saturated carbocycles. The minimum atomic E-state index is 1.12. The van der Waals surface area contributed by atoms with Crippen LogP contribution in [0, 0.1) is 5.92 Å². The van der Waals surface area contributed by atoms with Crippen LogP contribution in [0.4, 0.5) is 0 Å². The molecule has 0 heterocycles. The number of hydrogen-bond acceptors (Lipinski definition) is 0. The fourth-order valence-corrected chi connectivity index (χ4v) is 1.25. The molecule has 1 fully saturated rings. The van der Waals surface area contributed by atoms with Crippen LogP contribution in [0.2, 0.25) is 0 Å². The van der Waals surface area contributed by atoms with E-state index >= 15 is 0 Å². The van der Waals surface area contributed by atoms with Crippen LogP contribution in [-0.2, 0) is 0 Å². The third-order valence-corrected chi connectivity index (χ3v) is 2.51. The molecule has 0 aromatic rings. The third kappa shape index (κ3) is 6.40. The van der Waals surface area contributed by atoms with E-state index in [0.717, 1.165) is 5.92 Å². The maximum Gasteiger partial charge on any atom is -0.0417 e. The van der Waals surface area contributed by atoms with Crippen molar-refractivity contribution in [2.45, 2.75) is 65.7 Å². The van der Waals surface area contributed by atoms with Crippen LogP contribution in [0.1, 0.15) is 65.7 Å². The van der Waals surface area contributed by atoms with E-state index in [4.69, 9.17) is 0 Å². The first-order valence-corrected chi connectivity index (χ1v) is 5.35. The zero-order valence-electron chi connectivity index (χ0n) is 8.53. The summed E-state index contributed by atoms with van der Waals surface area (Å²) in [7, 11) is 0. The molecular formula is C11H24. The molecule has 1 rings (SSSR count). The molecule has 0 aromatic heterocycles. The Kier molecular flexibility index (Phi) is 8.10. The molecule has 0 heteroatoms. The molecular weight excluding hydrogens is 132 g/mol. The second-order valence-corrected chi connectivity index (χ2v) is 3.56. The SMILES string of the molecule is CCC1CCC1.CCCCC. The molecule has 0 nitrogen and oxygen atoms in total. The highest BCUT2D eigenvalue weighted by molar-refractivity contribution is 4.66. The molecule has 0 aromatic carbocycles. The lowest BCUT2D eigenvalue weighted by Crippen LogP contribution is -2.08. The van der Waals surface area contributed by atoms with Crippen LogP contribution >= 0.6 is 0 Å². The van der Waals surface area contributed by atoms with Gasteiger partial charge >= 0.3 is 0 Å². The van der Waals surface area contributed by atoms with Crippen molar-refractivity contribution in [2.75, 3.05) is 0 Å². The van der Waals surface area contributed by atoms with Crippen molar-refractivity contribution in [1.29, 1.82) is 0 Å². The molecule has 1 aliphatic carbocycles. The maximum atomic E-state index is 2.28. The van der Waals surface area contributed by atoms with Crippen LogP contribution in [0.15, 0.2) is 0 Å². The van der Waals surface area contributed by atoms with Gasteiger partial charge in [0.05, 0.1) is 0 Å². The van der Waals surface area contributed by atoms with E-state index in [0.29, 0.717) is 0 Å². The summed E-state index contributed by atoms with van der Waals surface area (Å²) in [6, 6.07) is 0. The Hall–Kier alpha value is 0. The maximum absolute atomic E-state index is 2.28. The first-order chi connectivity index (χ1) is 5.35. The van der Waals surface area contributed by atoms with Gasteiger partial charge in [-0.05, 0) is 5.92 Å². The Labute approximate surface area is 72.4 Å². The normalized spacial score (nSPS) is 16.6. The van der Waals surface area contributed by atoms with E-state index in [2.05, 4.69) is 20.8 Å². The van der Waals surface area contributed by atoms with E-state index in [1.54, 1.807) is 0 Å². The summed E-state index contributed by atoms with van der Waals surface area (Å²) in [6.45, 7) is 6.71. The number of hydrogen-bond donors (Lipinski definition) is 0. The van der Waals surface area contributed by atoms with Gasteiger partial charge in [0.2, 0.25) is 0 Å². The summed E-state index contributed by atoms with van der Waals surface area (Å²) in [5, 5.41) is 0. The Morgan fingerprint density at radius 1 is 1.00 bits per heavy atom. The van der Waals surface area contributed by atoms with Gasteiger partial charge in [0.25, 0.3) is 0 Å². The Balaban J connectivity index is 0.000000187. The molecule has 0 aliphatic heterocycles. The van der Waals surface area contributed by atoms with Crippen LogP contribution in [-0.4, -0.2) is 0 Å². The van der Waals surface area contributed by atoms with Gasteiger partial charge in [-0.1, -0.05) is 65.7 Å². The number of unbranched alkanes of at least 4 members (excludes halogenated alkanes) is 2. The van der Waals surface area contributed by atoms with Crippen LogP contribution in [0.3, 0.4) is 0 Å². The first-order valence-electron chi connectivity index (χ1n) is 5.35. The standard InChI is InChI=1S/C6H12.C5H12/c1-2-6-4-3-5-6;1-3-5-4-2/h6H,2-5H2,1H3;3-5H2,1-2H3. The van der Waals surface area contributed by atoms with E-state index in [-0.39, 0.29) is 0 Å². The van der Waals surface area contributed by atoms with E-state index < -0.39 is 0 Å². The molecule has 0 unspecified atom stereocenters. The highest BCUT2D eigenvalue weighted by Crippen LogP contribution is 2.28. The van der Waals surface area contributed by atoms with Gasteiger partial charge in [0.1, 0.15) is 0 Å². The summed E-state index contributed by atoms with van der Waals surface area (Å²) in [5.74, 6) is 1.12. The quantitative estimate of drug-likeness (QED) is 0.568. The fraction of sp³-hybridized carbons (Fsp3) is 1.00. The molecule has 0 atom stereocenters. The summed E-state index contributed by atoms with van der Waals surface area (Å²) < 4.78 is 0. The fourth-order valence-electron chi connectivity index (χ4n) is 1.25. The van der Waals surface area contributed by atoms with Crippen molar-refractivity contribution < 1.29 is 0 Å². The van der Waals surface area contributed by atoms with Crippen molar-refractivity contribution in [3.8, 4) is 0 Å². The summed E-state index contributed by atoms with van der Waals surface area (Å²) >= 11 is 0. The lowest BCUT2D eigenvalue weighted by Gasteiger charge is -2.22. The second-order valence-electron chi connectivity index (χ2n) is 3.56. The lowest BCUT2D eigenvalue weighted by atomic mass is 9.84. The molecule has 0 spiro atoms. The van der Waals surface area contributed by atoms with Gasteiger partial charge in [-0.3, -0.25) is 0 Å². The van der Waals surface area contributed by atoms with Gasteiger partial charge in [-0.2, -0.15) is 0 Å². The first kappa shape index (κ1) is 11.0. The van der Waals surface area contributed by atoms with Crippen molar-refractivity contribution >= 4 is 0 Å². The minimum Gasteiger partial charge on any atom is -0.0654 e. The van der Waals surface area contributed by atoms with Gasteiger partial charge in [0.15, 0.2) is 0 Å². The Bertz CT molecular complexity index is 57.7. The molecule has 68 valence electrons. The average molecular weight is 156 g/mol. The van der Waals surface area contributed by atoms with Crippen LogP contribution < -0.4 is 0 Å². The largest absolute Gasteiger partial charge is 0.0654 e. The predicted molar refractivity (Wildman–Crippen MR) is 52.8 cm³/mol. The highest BCUT2D eigenvalue weighted by atomic mass is 14.2. The molecule has 0 N–H and O–H groups in total. The van der Waals surface area contributed by atoms with Gasteiger partial charge in [-0.15, -0.1) is 0 Å². The van der Waals surface area contributed by atoms with E-state index in [1.807, 2.05) is 0 Å². The van der Waals surface area contributed by atoms with Crippen molar-refractivity contribution in [3.63, 3.8) is 0 Å².